The topological polar surface area (TPSA) is 179 Å². The molecule has 5 aliphatic rings. The molecule has 3 fully saturated rings. The van der Waals surface area contributed by atoms with E-state index in [1.54, 1.807) is 12.3 Å². The first-order valence-corrected chi connectivity index (χ1v) is 26.6. The Morgan fingerprint density at radius 2 is 1.68 bits per heavy atom. The number of aromatic amines is 1. The first-order valence-electron chi connectivity index (χ1n) is 24.7. The number of hydrogen-bond donors (Lipinski definition) is 3. The fourth-order valence-electron chi connectivity index (χ4n) is 11.1. The number of ether oxygens (including phenoxy) is 2. The van der Waals surface area contributed by atoms with Crippen molar-refractivity contribution in [2.45, 2.75) is 75.4 Å². The van der Waals surface area contributed by atoms with Crippen LogP contribution in [0.5, 0.6) is 5.88 Å². The number of nitro groups is 1. The number of alkyl halides is 1. The zero-order valence-electron chi connectivity index (χ0n) is 40.2. The molecule has 0 unspecified atom stereocenters. The third-order valence-corrected chi connectivity index (χ3v) is 17.0. The van der Waals surface area contributed by atoms with Crippen LogP contribution in [0.1, 0.15) is 74.7 Å². The van der Waals surface area contributed by atoms with Crippen LogP contribution in [0.2, 0.25) is 5.02 Å². The molecule has 0 radical (unpaired) electrons. The number of nitrogens with zero attached hydrogens (tertiary/aromatic N) is 6. The van der Waals surface area contributed by atoms with Crippen LogP contribution >= 0.6 is 11.6 Å². The van der Waals surface area contributed by atoms with Crippen LogP contribution in [0.15, 0.2) is 89.5 Å². The van der Waals surface area contributed by atoms with E-state index in [0.717, 1.165) is 86.9 Å². The lowest BCUT2D eigenvalue weighted by Crippen LogP contribution is -2.48. The van der Waals surface area contributed by atoms with Crippen molar-refractivity contribution >= 4 is 72.6 Å². The highest BCUT2D eigenvalue weighted by atomic mass is 35.5. The monoisotopic (exact) mass is 1010 g/mol. The zero-order chi connectivity index (χ0) is 49.5. The normalized spacial score (nSPS) is 19.7. The van der Waals surface area contributed by atoms with Gasteiger partial charge in [-0.2, -0.15) is 4.98 Å². The molecule has 0 bridgehead atoms. The van der Waals surface area contributed by atoms with Gasteiger partial charge in [0.25, 0.3) is 21.6 Å². The van der Waals surface area contributed by atoms with E-state index >= 15 is 4.39 Å². The Bertz CT molecular complexity index is 2950. The summed E-state index contributed by atoms with van der Waals surface area (Å²) in [5.41, 5.74) is 4.93. The quantitative estimate of drug-likeness (QED) is 0.0753. The maximum atomic E-state index is 15.4. The molecule has 0 atom stereocenters. The first-order chi connectivity index (χ1) is 34.1. The number of amides is 1. The number of likely N-dealkylation sites (tertiary alicyclic amines) is 1. The van der Waals surface area contributed by atoms with E-state index in [2.05, 4.69) is 55.7 Å². The Balaban J connectivity index is 0.902. The molecule has 5 aromatic rings. The van der Waals surface area contributed by atoms with Gasteiger partial charge in [-0.3, -0.25) is 19.8 Å². The molecule has 3 saturated heterocycles. The predicted molar refractivity (Wildman–Crippen MR) is 274 cm³/mol. The number of carbonyl (C=O) groups is 1. The summed E-state index contributed by atoms with van der Waals surface area (Å²) < 4.78 is 56.8. The van der Waals surface area contributed by atoms with Crippen LogP contribution in [0.3, 0.4) is 0 Å². The molecule has 10 rings (SSSR count). The van der Waals surface area contributed by atoms with Crippen molar-refractivity contribution in [1.29, 1.82) is 0 Å². The number of allylic oxidation sites excluding steroid dienone is 1. The Kier molecular flexibility index (Phi) is 13.8. The lowest BCUT2D eigenvalue weighted by molar-refractivity contribution is -0.384. The standard InChI is InChI=1S/C52H61ClFN9O7S/c1-35(2)60-19-14-51(15-20-60)13-11-42(36-3-5-39(53)6-4-36)38(32-51)33-59-21-23-61(24-22-59)40-7-9-43(45(30-40)62-25-28-70-50-47(62)29-37-12-18-55-48(37)57-50)49(64)58-71(67,68)41-8-10-44(46(31-41)63(65)66)56-34-52(54)16-26-69-27-17-52/h3-10,12,18,29-31,35,56H,11,13-17,19-28,32-34H2,1-2H3,(H,55,57)(H,58,64). The molecule has 1 spiro atoms. The molecule has 1 aliphatic carbocycles. The van der Waals surface area contributed by atoms with Crippen molar-refractivity contribution in [2.24, 2.45) is 5.41 Å². The van der Waals surface area contributed by atoms with Gasteiger partial charge in [-0.1, -0.05) is 29.3 Å². The summed E-state index contributed by atoms with van der Waals surface area (Å²) in [6.07, 6.45) is 7.81. The van der Waals surface area contributed by atoms with Gasteiger partial charge < -0.3 is 34.5 Å². The Morgan fingerprint density at radius 3 is 2.41 bits per heavy atom. The van der Waals surface area contributed by atoms with E-state index in [0.29, 0.717) is 40.9 Å². The van der Waals surface area contributed by atoms with Crippen molar-refractivity contribution in [1.82, 2.24) is 24.5 Å². The Labute approximate surface area is 418 Å². The number of benzene rings is 3. The highest BCUT2D eigenvalue weighted by Crippen LogP contribution is 2.50. The van der Waals surface area contributed by atoms with E-state index in [1.165, 1.54) is 42.0 Å². The zero-order valence-corrected chi connectivity index (χ0v) is 41.8. The number of nitro benzene ring substituents is 1. The van der Waals surface area contributed by atoms with Crippen molar-refractivity contribution in [3.63, 3.8) is 0 Å². The minimum absolute atomic E-state index is 0.0430. The van der Waals surface area contributed by atoms with E-state index in [-0.39, 0.29) is 50.5 Å². The summed E-state index contributed by atoms with van der Waals surface area (Å²) >= 11 is 6.35. The van der Waals surface area contributed by atoms with Gasteiger partial charge in [0, 0.05) is 99.7 Å². The highest BCUT2D eigenvalue weighted by Gasteiger charge is 2.40. The Morgan fingerprint density at radius 1 is 0.915 bits per heavy atom. The van der Waals surface area contributed by atoms with Gasteiger partial charge in [-0.05, 0) is 130 Å². The molecule has 3 N–H and O–H groups in total. The molecule has 4 aliphatic heterocycles. The number of H-pyrrole nitrogens is 1. The van der Waals surface area contributed by atoms with Gasteiger partial charge >= 0.3 is 0 Å². The van der Waals surface area contributed by atoms with Gasteiger partial charge in [0.15, 0.2) is 0 Å². The van der Waals surface area contributed by atoms with Gasteiger partial charge in [0.05, 0.1) is 27.6 Å². The number of nitrogens with one attached hydrogen (secondary N) is 3. The van der Waals surface area contributed by atoms with Gasteiger partial charge in [0.2, 0.25) is 5.88 Å². The molecule has 16 nitrogen and oxygen atoms in total. The lowest BCUT2D eigenvalue weighted by atomic mass is 9.65. The molecule has 6 heterocycles. The van der Waals surface area contributed by atoms with E-state index in [4.69, 9.17) is 26.1 Å². The van der Waals surface area contributed by atoms with Gasteiger partial charge in [-0.15, -0.1) is 0 Å². The van der Waals surface area contributed by atoms with Crippen LogP contribution in [0.4, 0.5) is 32.8 Å². The van der Waals surface area contributed by atoms with Crippen molar-refractivity contribution < 1.29 is 32.0 Å². The van der Waals surface area contributed by atoms with E-state index in [1.807, 2.05) is 41.3 Å². The average molecular weight is 1010 g/mol. The van der Waals surface area contributed by atoms with Crippen LogP contribution in [0.25, 0.3) is 16.6 Å². The minimum atomic E-state index is -4.66. The number of halogens is 2. The number of anilines is 4. The number of aromatic nitrogens is 2. The third-order valence-electron chi connectivity index (χ3n) is 15.4. The summed E-state index contributed by atoms with van der Waals surface area (Å²) in [5.74, 6) is -0.559. The SMILES string of the molecule is CC(C)N1CCC2(CCC(c3ccc(Cl)cc3)=C(CN3CCN(c4ccc(C(=O)NS(=O)(=O)c5ccc(NCC6(F)CCOCC6)c([N+](=O)[O-])c5)c(N5CCOc6nc7[nH]ccc7cc65)c4)CC3)C2)CC1. The maximum Gasteiger partial charge on any atom is 0.293 e. The van der Waals surface area contributed by atoms with Gasteiger partial charge in [0.1, 0.15) is 29.3 Å². The van der Waals surface area contributed by atoms with E-state index < -0.39 is 37.1 Å². The number of sulfonamides is 1. The molecule has 2 aromatic heterocycles. The number of rotatable bonds is 13. The highest BCUT2D eigenvalue weighted by molar-refractivity contribution is 7.90. The van der Waals surface area contributed by atoms with Crippen molar-refractivity contribution in [2.75, 3.05) is 93.8 Å². The number of pyridine rings is 1. The lowest BCUT2D eigenvalue weighted by Gasteiger charge is -2.47. The summed E-state index contributed by atoms with van der Waals surface area (Å²) in [6, 6.07) is 21.3. The van der Waals surface area contributed by atoms with E-state index in [9.17, 15) is 23.3 Å². The largest absolute Gasteiger partial charge is 0.474 e. The maximum absolute atomic E-state index is 15.4. The fourth-order valence-corrected chi connectivity index (χ4v) is 12.2. The summed E-state index contributed by atoms with van der Waals surface area (Å²) in [7, 11) is -4.66. The van der Waals surface area contributed by atoms with Gasteiger partial charge in [-0.25, -0.2) is 17.5 Å². The minimum Gasteiger partial charge on any atom is -0.474 e. The molecule has 71 heavy (non-hydrogen) atoms. The molecule has 376 valence electrons. The fraction of sp³-hybridized carbons (Fsp3) is 0.462. The second-order valence-corrected chi connectivity index (χ2v) is 22.2. The number of piperazine rings is 1. The smallest absolute Gasteiger partial charge is 0.293 e. The van der Waals surface area contributed by atoms with Crippen LogP contribution in [-0.4, -0.2) is 129 Å². The van der Waals surface area contributed by atoms with Crippen LogP contribution in [0, 0.1) is 15.5 Å². The summed E-state index contributed by atoms with van der Waals surface area (Å²) in [4.78, 5) is 42.6. The molecule has 0 saturated carbocycles. The van der Waals surface area contributed by atoms with Crippen molar-refractivity contribution in [3.05, 3.63) is 111 Å². The number of carbonyl (C=O) groups excluding carboxylic acids is 1. The van der Waals surface area contributed by atoms with Crippen LogP contribution < -0.4 is 24.6 Å². The predicted octanol–water partition coefficient (Wildman–Crippen LogP) is 8.95. The molecular weight excluding hydrogens is 949 g/mol. The summed E-state index contributed by atoms with van der Waals surface area (Å²) in [6.45, 7) is 11.7. The number of hydrogen-bond acceptors (Lipinski definition) is 13. The van der Waals surface area contributed by atoms with Crippen molar-refractivity contribution in [3.8, 4) is 5.88 Å². The number of fused-ring (bicyclic) bond motifs is 2. The molecule has 1 amide bonds. The third kappa shape index (κ3) is 10.4. The average Bonchev–Trinajstić information content (AvgIpc) is 3.83. The molecule has 19 heteroatoms. The van der Waals surface area contributed by atoms with Crippen LogP contribution in [-0.2, 0) is 14.8 Å². The number of piperidine rings is 1. The first kappa shape index (κ1) is 48.8. The second kappa shape index (κ2) is 20.0. The molecule has 3 aromatic carbocycles. The summed E-state index contributed by atoms with van der Waals surface area (Å²) in [5, 5.41) is 16.6. The molecular formula is C52H61ClFN9O7S. The Hall–Kier alpha value is -5.79. The second-order valence-electron chi connectivity index (χ2n) is 20.1.